The predicted octanol–water partition coefficient (Wildman–Crippen LogP) is 5.65. The molecular formula is C20H34O. The molecule has 2 aliphatic carbocycles. The average Bonchev–Trinajstić information content (AvgIpc) is 2.36. The fraction of sp³-hybridized carbons (Fsp3) is 0.800. The third-order valence-electron chi connectivity index (χ3n) is 6.56. The first-order valence-corrected chi connectivity index (χ1v) is 8.67. The van der Waals surface area contributed by atoms with Gasteiger partial charge in [0.25, 0.3) is 0 Å². The second-order valence-corrected chi connectivity index (χ2v) is 8.67. The van der Waals surface area contributed by atoms with Crippen LogP contribution in [-0.4, -0.2) is 10.7 Å². The van der Waals surface area contributed by atoms with Gasteiger partial charge in [0.05, 0.1) is 5.60 Å². The van der Waals surface area contributed by atoms with Crippen LogP contribution in [0.4, 0.5) is 0 Å². The maximum atomic E-state index is 10.3. The molecule has 21 heavy (non-hydrogen) atoms. The van der Waals surface area contributed by atoms with Gasteiger partial charge in [-0.05, 0) is 69.1 Å². The molecule has 120 valence electrons. The zero-order chi connectivity index (χ0) is 15.9. The summed E-state index contributed by atoms with van der Waals surface area (Å²) < 4.78 is 0. The maximum Gasteiger partial charge on any atom is 0.0800 e. The lowest BCUT2D eigenvalue weighted by molar-refractivity contribution is 0.00784. The molecule has 2 rings (SSSR count). The Bertz CT molecular complexity index is 441. The fourth-order valence-corrected chi connectivity index (χ4v) is 5.17. The molecule has 0 aromatic rings. The van der Waals surface area contributed by atoms with Crippen LogP contribution in [0.3, 0.4) is 0 Å². The van der Waals surface area contributed by atoms with E-state index in [9.17, 15) is 5.11 Å². The van der Waals surface area contributed by atoms with E-state index in [2.05, 4.69) is 34.3 Å². The molecule has 1 saturated carbocycles. The lowest BCUT2D eigenvalue weighted by Gasteiger charge is -2.55. The Balaban J connectivity index is 2.27. The van der Waals surface area contributed by atoms with Crippen molar-refractivity contribution >= 4 is 0 Å². The van der Waals surface area contributed by atoms with Crippen molar-refractivity contribution in [2.24, 2.45) is 16.7 Å². The van der Waals surface area contributed by atoms with Gasteiger partial charge >= 0.3 is 0 Å². The van der Waals surface area contributed by atoms with Crippen molar-refractivity contribution in [3.05, 3.63) is 23.8 Å². The average molecular weight is 290 g/mol. The van der Waals surface area contributed by atoms with Crippen LogP contribution in [0.15, 0.2) is 23.8 Å². The topological polar surface area (TPSA) is 20.2 Å². The molecule has 0 amide bonds. The van der Waals surface area contributed by atoms with E-state index in [0.717, 1.165) is 18.8 Å². The van der Waals surface area contributed by atoms with Crippen LogP contribution < -0.4 is 0 Å². The summed E-state index contributed by atoms with van der Waals surface area (Å²) in [6.45, 7) is 15.4. The Morgan fingerprint density at radius 2 is 2.00 bits per heavy atom. The van der Waals surface area contributed by atoms with Crippen LogP contribution in [0.25, 0.3) is 0 Å². The van der Waals surface area contributed by atoms with Crippen molar-refractivity contribution in [2.45, 2.75) is 85.2 Å². The highest BCUT2D eigenvalue weighted by Crippen LogP contribution is 2.60. The molecule has 1 nitrogen and oxygen atoms in total. The van der Waals surface area contributed by atoms with Crippen molar-refractivity contribution in [3.8, 4) is 0 Å². The minimum atomic E-state index is -0.735. The molecule has 1 N–H and O–H groups in total. The Morgan fingerprint density at radius 3 is 2.62 bits per heavy atom. The Morgan fingerprint density at radius 1 is 1.33 bits per heavy atom. The van der Waals surface area contributed by atoms with Gasteiger partial charge in [-0.25, -0.2) is 0 Å². The quantitative estimate of drug-likeness (QED) is 0.664. The molecular weight excluding hydrogens is 256 g/mol. The maximum absolute atomic E-state index is 10.3. The summed E-state index contributed by atoms with van der Waals surface area (Å²) >= 11 is 0. The van der Waals surface area contributed by atoms with Gasteiger partial charge in [-0.1, -0.05) is 44.4 Å². The summed E-state index contributed by atoms with van der Waals surface area (Å²) in [7, 11) is 0. The monoisotopic (exact) mass is 290 g/mol. The summed E-state index contributed by atoms with van der Waals surface area (Å²) in [6.07, 6.45) is 10.1. The molecule has 0 bridgehead atoms. The zero-order valence-corrected chi connectivity index (χ0v) is 14.8. The third kappa shape index (κ3) is 3.13. The van der Waals surface area contributed by atoms with Gasteiger partial charge in [0.2, 0.25) is 0 Å². The van der Waals surface area contributed by atoms with Crippen LogP contribution in [-0.2, 0) is 0 Å². The molecule has 0 heterocycles. The summed E-state index contributed by atoms with van der Waals surface area (Å²) in [5.74, 6) is 0.797. The van der Waals surface area contributed by atoms with Gasteiger partial charge in [-0.2, -0.15) is 0 Å². The normalized spacial score (nSPS) is 35.0. The van der Waals surface area contributed by atoms with E-state index < -0.39 is 5.60 Å². The SMILES string of the molecule is C=C[C@](C)(O)CCC1=C(C)CC[C@H]2C(C)(C)CCC[C@]12C. The molecule has 0 saturated heterocycles. The van der Waals surface area contributed by atoms with E-state index in [1.54, 1.807) is 17.2 Å². The highest BCUT2D eigenvalue weighted by atomic mass is 16.3. The van der Waals surface area contributed by atoms with Crippen molar-refractivity contribution in [1.82, 2.24) is 0 Å². The number of rotatable bonds is 4. The van der Waals surface area contributed by atoms with E-state index in [-0.39, 0.29) is 0 Å². The van der Waals surface area contributed by atoms with Gasteiger partial charge in [0.1, 0.15) is 0 Å². The molecule has 0 radical (unpaired) electrons. The van der Waals surface area contributed by atoms with Gasteiger partial charge in [0.15, 0.2) is 0 Å². The van der Waals surface area contributed by atoms with E-state index in [0.29, 0.717) is 10.8 Å². The zero-order valence-electron chi connectivity index (χ0n) is 14.8. The molecule has 0 aromatic heterocycles. The standard InChI is InChI=1S/C20H34O/c1-7-19(5,21)14-11-16-15(2)9-10-17-18(3,4)12-8-13-20(16,17)6/h7,17,21H,1,8-14H2,2-6H3/t17-,19-,20+/m0/s1. The molecule has 0 aromatic carbocycles. The summed E-state index contributed by atoms with van der Waals surface area (Å²) in [4.78, 5) is 0. The summed E-state index contributed by atoms with van der Waals surface area (Å²) in [5.41, 5.74) is 3.31. The molecule has 0 spiro atoms. The predicted molar refractivity (Wildman–Crippen MR) is 91.2 cm³/mol. The van der Waals surface area contributed by atoms with Crippen molar-refractivity contribution in [3.63, 3.8) is 0 Å². The van der Waals surface area contributed by atoms with Gasteiger partial charge in [0, 0.05) is 0 Å². The van der Waals surface area contributed by atoms with Crippen LogP contribution in [0.2, 0.25) is 0 Å². The first-order chi connectivity index (χ1) is 9.62. The minimum Gasteiger partial charge on any atom is -0.386 e. The number of hydrogen-bond acceptors (Lipinski definition) is 1. The van der Waals surface area contributed by atoms with E-state index in [1.807, 2.05) is 6.92 Å². The molecule has 1 fully saturated rings. The molecule has 2 aliphatic rings. The first kappa shape index (κ1) is 16.8. The Labute approximate surface area is 131 Å². The second-order valence-electron chi connectivity index (χ2n) is 8.67. The fourth-order valence-electron chi connectivity index (χ4n) is 5.17. The Kier molecular flexibility index (Phi) is 4.46. The lowest BCUT2D eigenvalue weighted by Crippen LogP contribution is -2.45. The highest BCUT2D eigenvalue weighted by Gasteiger charge is 2.49. The molecule has 3 atom stereocenters. The number of fused-ring (bicyclic) bond motifs is 1. The van der Waals surface area contributed by atoms with Gasteiger partial charge in [-0.15, -0.1) is 6.58 Å². The summed E-state index contributed by atoms with van der Waals surface area (Å²) in [6, 6.07) is 0. The smallest absolute Gasteiger partial charge is 0.0800 e. The van der Waals surface area contributed by atoms with Crippen molar-refractivity contribution in [1.29, 1.82) is 0 Å². The Hall–Kier alpha value is -0.560. The van der Waals surface area contributed by atoms with Crippen molar-refractivity contribution in [2.75, 3.05) is 0 Å². The van der Waals surface area contributed by atoms with Crippen LogP contribution in [0.5, 0.6) is 0 Å². The van der Waals surface area contributed by atoms with Crippen LogP contribution in [0, 0.1) is 16.7 Å². The largest absolute Gasteiger partial charge is 0.386 e. The van der Waals surface area contributed by atoms with Crippen LogP contribution >= 0.6 is 0 Å². The van der Waals surface area contributed by atoms with E-state index >= 15 is 0 Å². The van der Waals surface area contributed by atoms with Gasteiger partial charge < -0.3 is 5.11 Å². The third-order valence-corrected chi connectivity index (χ3v) is 6.56. The second kappa shape index (κ2) is 5.57. The van der Waals surface area contributed by atoms with Crippen LogP contribution in [0.1, 0.15) is 79.6 Å². The lowest BCUT2D eigenvalue weighted by atomic mass is 9.50. The van der Waals surface area contributed by atoms with Crippen molar-refractivity contribution < 1.29 is 5.11 Å². The molecule has 0 aliphatic heterocycles. The first-order valence-electron chi connectivity index (χ1n) is 8.67. The number of allylic oxidation sites excluding steroid dienone is 2. The van der Waals surface area contributed by atoms with Gasteiger partial charge in [-0.3, -0.25) is 0 Å². The molecule has 1 heteroatoms. The van der Waals surface area contributed by atoms with E-state index in [1.165, 1.54) is 32.1 Å². The minimum absolute atomic E-state index is 0.349. The highest BCUT2D eigenvalue weighted by molar-refractivity contribution is 5.27. The summed E-state index contributed by atoms with van der Waals surface area (Å²) in [5, 5.41) is 10.3. The number of aliphatic hydroxyl groups is 1. The molecule has 0 unspecified atom stereocenters. The van der Waals surface area contributed by atoms with E-state index in [4.69, 9.17) is 0 Å². The number of hydrogen-bond donors (Lipinski definition) is 1.